The Morgan fingerprint density at radius 3 is 3.00 bits per heavy atom. The van der Waals surface area contributed by atoms with Crippen molar-refractivity contribution in [2.75, 3.05) is 0 Å². The van der Waals surface area contributed by atoms with Crippen LogP contribution in [0.25, 0.3) is 11.0 Å². The van der Waals surface area contributed by atoms with Crippen molar-refractivity contribution in [3.63, 3.8) is 0 Å². The van der Waals surface area contributed by atoms with Gasteiger partial charge in [0, 0.05) is 24.5 Å². The van der Waals surface area contributed by atoms with Gasteiger partial charge in [-0.1, -0.05) is 0 Å². The van der Waals surface area contributed by atoms with Crippen LogP contribution in [0, 0.1) is 6.92 Å². The monoisotopic (exact) mass is 287 g/mol. The van der Waals surface area contributed by atoms with E-state index in [2.05, 4.69) is 9.97 Å². The van der Waals surface area contributed by atoms with Gasteiger partial charge < -0.3 is 9.67 Å². The van der Waals surface area contributed by atoms with E-state index in [0.29, 0.717) is 0 Å². The van der Waals surface area contributed by atoms with Gasteiger partial charge in [0.1, 0.15) is 5.82 Å². The Bertz CT molecular complexity index is 762. The molecule has 0 aliphatic heterocycles. The Morgan fingerprint density at radius 1 is 1.45 bits per heavy atom. The van der Waals surface area contributed by atoms with Crippen molar-refractivity contribution in [1.29, 1.82) is 0 Å². The molecular weight excluding hydrogens is 274 g/mol. The average Bonchev–Trinajstić information content (AvgIpc) is 3.02. The molecule has 1 aromatic carbocycles. The Hall–Kier alpha value is -2.21. The van der Waals surface area contributed by atoms with Crippen molar-refractivity contribution in [1.82, 2.24) is 14.5 Å². The fraction of sp³-hybridized carbons (Fsp3) is 0.214. The maximum atomic E-state index is 11.1. The van der Waals surface area contributed by atoms with E-state index < -0.39 is 5.97 Å². The normalized spacial score (nSPS) is 11.1. The van der Waals surface area contributed by atoms with Crippen molar-refractivity contribution < 1.29 is 9.90 Å². The van der Waals surface area contributed by atoms with Gasteiger partial charge in [-0.05, 0) is 25.1 Å². The summed E-state index contributed by atoms with van der Waals surface area (Å²) in [6.07, 6.45) is 2.61. The Morgan fingerprint density at radius 2 is 2.30 bits per heavy atom. The molecule has 0 saturated heterocycles. The summed E-state index contributed by atoms with van der Waals surface area (Å²) in [4.78, 5) is 19.8. The van der Waals surface area contributed by atoms with Gasteiger partial charge >= 0.3 is 5.97 Å². The van der Waals surface area contributed by atoms with Crippen LogP contribution in [0.3, 0.4) is 0 Å². The summed E-state index contributed by atoms with van der Waals surface area (Å²) in [7, 11) is 0. The van der Waals surface area contributed by atoms with E-state index in [4.69, 9.17) is 5.11 Å². The van der Waals surface area contributed by atoms with Crippen LogP contribution >= 0.6 is 11.3 Å². The molecule has 3 rings (SSSR count). The number of benzene rings is 1. The highest BCUT2D eigenvalue weighted by atomic mass is 32.1. The summed E-state index contributed by atoms with van der Waals surface area (Å²) >= 11 is 1.63. The molecule has 0 fully saturated rings. The zero-order chi connectivity index (χ0) is 14.1. The van der Waals surface area contributed by atoms with Gasteiger partial charge in [0.15, 0.2) is 0 Å². The largest absolute Gasteiger partial charge is 0.478 e. The first kappa shape index (κ1) is 12.8. The zero-order valence-electron chi connectivity index (χ0n) is 10.9. The second-order valence-corrected chi connectivity index (χ2v) is 5.47. The molecule has 0 radical (unpaired) electrons. The Balaban J connectivity index is 1.97. The topological polar surface area (TPSA) is 68.0 Å². The van der Waals surface area contributed by atoms with Gasteiger partial charge in [-0.2, -0.15) is 0 Å². The number of aromatic carboxylic acids is 1. The Kier molecular flexibility index (Phi) is 3.23. The van der Waals surface area contributed by atoms with Gasteiger partial charge in [-0.15, -0.1) is 11.3 Å². The molecule has 102 valence electrons. The molecule has 2 aromatic heterocycles. The van der Waals surface area contributed by atoms with Crippen LogP contribution in [0.4, 0.5) is 0 Å². The van der Waals surface area contributed by atoms with Gasteiger partial charge in [0.2, 0.25) is 0 Å². The summed E-state index contributed by atoms with van der Waals surface area (Å²) in [5.74, 6) is -0.0312. The number of aromatic nitrogens is 3. The van der Waals surface area contributed by atoms with Crippen molar-refractivity contribution in [3.8, 4) is 0 Å². The van der Waals surface area contributed by atoms with Gasteiger partial charge in [-0.3, -0.25) is 0 Å². The van der Waals surface area contributed by atoms with Crippen LogP contribution in [0.1, 0.15) is 21.2 Å². The minimum Gasteiger partial charge on any atom is -0.478 e. The first-order valence-corrected chi connectivity index (χ1v) is 7.11. The van der Waals surface area contributed by atoms with E-state index in [1.54, 1.807) is 35.7 Å². The third-order valence-corrected chi connectivity index (χ3v) is 4.06. The average molecular weight is 287 g/mol. The van der Waals surface area contributed by atoms with E-state index in [1.165, 1.54) is 0 Å². The predicted octanol–water partition coefficient (Wildman–Crippen LogP) is 2.74. The maximum Gasteiger partial charge on any atom is 0.335 e. The quantitative estimate of drug-likeness (QED) is 0.801. The lowest BCUT2D eigenvalue weighted by molar-refractivity contribution is 0.0697. The summed E-state index contributed by atoms with van der Waals surface area (Å²) in [5.41, 5.74) is 1.97. The number of carboxylic acid groups (broad SMARTS) is 1. The third kappa shape index (κ3) is 2.30. The van der Waals surface area contributed by atoms with E-state index in [9.17, 15) is 4.79 Å². The number of thiazole rings is 1. The molecule has 2 heterocycles. The highest BCUT2D eigenvalue weighted by Gasteiger charge is 2.11. The Labute approximate surface area is 119 Å². The minimum absolute atomic E-state index is 0.285. The van der Waals surface area contributed by atoms with Crippen molar-refractivity contribution in [2.45, 2.75) is 19.9 Å². The summed E-state index contributed by atoms with van der Waals surface area (Å²) in [5, 5.41) is 12.1. The van der Waals surface area contributed by atoms with Crippen molar-refractivity contribution in [2.24, 2.45) is 0 Å². The molecular formula is C14H13N3O2S. The van der Waals surface area contributed by atoms with Gasteiger partial charge in [0.25, 0.3) is 0 Å². The predicted molar refractivity (Wildman–Crippen MR) is 77.2 cm³/mol. The summed E-state index contributed by atoms with van der Waals surface area (Å²) < 4.78 is 2.04. The van der Waals surface area contributed by atoms with E-state index >= 15 is 0 Å². The molecule has 0 aliphatic carbocycles. The standard InChI is InChI=1S/C14H13N3O2S/c1-9-16-11-3-2-10(14(18)19)8-12(11)17(9)6-4-13-15-5-7-20-13/h2-3,5,7-8H,4,6H2,1H3,(H,18,19). The van der Waals surface area contributed by atoms with Crippen LogP contribution in [-0.4, -0.2) is 25.6 Å². The molecule has 0 bridgehead atoms. The molecule has 0 spiro atoms. The third-order valence-electron chi connectivity index (χ3n) is 3.22. The smallest absolute Gasteiger partial charge is 0.335 e. The molecule has 5 nitrogen and oxygen atoms in total. The highest BCUT2D eigenvalue weighted by Crippen LogP contribution is 2.19. The number of carbonyl (C=O) groups is 1. The van der Waals surface area contributed by atoms with E-state index in [-0.39, 0.29) is 5.56 Å². The first-order chi connectivity index (χ1) is 9.65. The summed E-state index contributed by atoms with van der Waals surface area (Å²) in [6, 6.07) is 5.02. The molecule has 6 heteroatoms. The fourth-order valence-corrected chi connectivity index (χ4v) is 2.85. The number of fused-ring (bicyclic) bond motifs is 1. The first-order valence-electron chi connectivity index (χ1n) is 6.23. The number of hydrogen-bond acceptors (Lipinski definition) is 4. The van der Waals surface area contributed by atoms with E-state index in [0.717, 1.165) is 34.8 Å². The van der Waals surface area contributed by atoms with Crippen LogP contribution in [0.2, 0.25) is 0 Å². The maximum absolute atomic E-state index is 11.1. The number of carboxylic acids is 1. The summed E-state index contributed by atoms with van der Waals surface area (Å²) in [6.45, 7) is 2.68. The van der Waals surface area contributed by atoms with E-state index in [1.807, 2.05) is 16.9 Å². The lowest BCUT2D eigenvalue weighted by Crippen LogP contribution is -2.04. The number of nitrogens with zero attached hydrogens (tertiary/aromatic N) is 3. The van der Waals surface area contributed by atoms with Crippen LogP contribution in [-0.2, 0) is 13.0 Å². The van der Waals surface area contributed by atoms with Crippen molar-refractivity contribution >= 4 is 28.3 Å². The van der Waals surface area contributed by atoms with Gasteiger partial charge in [-0.25, -0.2) is 14.8 Å². The van der Waals surface area contributed by atoms with Crippen LogP contribution in [0.5, 0.6) is 0 Å². The number of imidazole rings is 1. The highest BCUT2D eigenvalue weighted by molar-refractivity contribution is 7.09. The molecule has 20 heavy (non-hydrogen) atoms. The molecule has 0 aliphatic rings. The second-order valence-electron chi connectivity index (χ2n) is 4.50. The molecule has 3 aromatic rings. The molecule has 0 atom stereocenters. The van der Waals surface area contributed by atoms with Gasteiger partial charge in [0.05, 0.1) is 21.6 Å². The van der Waals surface area contributed by atoms with Crippen LogP contribution < -0.4 is 0 Å². The SMILES string of the molecule is Cc1nc2ccc(C(=O)O)cc2n1CCc1nccs1. The number of hydrogen-bond donors (Lipinski definition) is 1. The number of aryl methyl sites for hydroxylation is 3. The number of rotatable bonds is 4. The fourth-order valence-electron chi connectivity index (χ4n) is 2.24. The zero-order valence-corrected chi connectivity index (χ0v) is 11.7. The lowest BCUT2D eigenvalue weighted by Gasteiger charge is -2.05. The lowest BCUT2D eigenvalue weighted by atomic mass is 10.2. The minimum atomic E-state index is -0.919. The molecule has 0 saturated carbocycles. The molecule has 0 amide bonds. The second kappa shape index (κ2) is 5.05. The van der Waals surface area contributed by atoms with Crippen LogP contribution in [0.15, 0.2) is 29.8 Å². The molecule has 0 unspecified atom stereocenters. The molecule has 1 N–H and O–H groups in total. The van der Waals surface area contributed by atoms with Crippen molar-refractivity contribution in [3.05, 3.63) is 46.2 Å².